The minimum absolute atomic E-state index is 0.0376. The molecule has 21 heavy (non-hydrogen) atoms. The van der Waals surface area contributed by atoms with E-state index in [-0.39, 0.29) is 24.1 Å². The highest BCUT2D eigenvalue weighted by Gasteiger charge is 2.11. The number of nitrogens with zero attached hydrogens (tertiary/aromatic N) is 3. The summed E-state index contributed by atoms with van der Waals surface area (Å²) in [4.78, 5) is 27.8. The number of nitrogens with one attached hydrogen (secondary N) is 1. The maximum Gasteiger partial charge on any atom is 0.259 e. The Morgan fingerprint density at radius 2 is 2.24 bits per heavy atom. The van der Waals surface area contributed by atoms with Crippen LogP contribution in [0.1, 0.15) is 26.1 Å². The van der Waals surface area contributed by atoms with E-state index < -0.39 is 0 Å². The first-order valence-electron chi connectivity index (χ1n) is 6.80. The number of hydrogen-bond donors (Lipinski definition) is 1. The molecule has 0 fully saturated rings. The summed E-state index contributed by atoms with van der Waals surface area (Å²) in [6, 6.07) is 3.05. The van der Waals surface area contributed by atoms with Crippen LogP contribution in [-0.2, 0) is 11.3 Å². The van der Waals surface area contributed by atoms with E-state index in [2.05, 4.69) is 15.5 Å². The van der Waals surface area contributed by atoms with Gasteiger partial charge in [-0.25, -0.2) is 0 Å². The average Bonchev–Trinajstić information content (AvgIpc) is 2.87. The molecule has 1 amide bonds. The van der Waals surface area contributed by atoms with Crippen molar-refractivity contribution in [3.8, 4) is 11.5 Å². The van der Waals surface area contributed by atoms with Crippen LogP contribution in [0.4, 0.5) is 0 Å². The number of aryl methyl sites for hydroxylation is 1. The Hall–Kier alpha value is -2.44. The van der Waals surface area contributed by atoms with Gasteiger partial charge in [-0.1, -0.05) is 12.1 Å². The van der Waals surface area contributed by atoms with Crippen molar-refractivity contribution in [3.63, 3.8) is 0 Å². The van der Waals surface area contributed by atoms with Crippen molar-refractivity contribution in [2.75, 3.05) is 0 Å². The summed E-state index contributed by atoms with van der Waals surface area (Å²) in [7, 11) is 0. The van der Waals surface area contributed by atoms with Gasteiger partial charge in [0.25, 0.3) is 11.4 Å². The molecule has 7 heteroatoms. The molecule has 0 aromatic carbocycles. The summed E-state index contributed by atoms with van der Waals surface area (Å²) in [5.74, 6) is 0.631. The van der Waals surface area contributed by atoms with Gasteiger partial charge >= 0.3 is 0 Å². The van der Waals surface area contributed by atoms with Crippen LogP contribution in [0.15, 0.2) is 27.6 Å². The molecule has 0 spiro atoms. The molecule has 0 saturated heterocycles. The Labute approximate surface area is 122 Å². The first-order valence-corrected chi connectivity index (χ1v) is 6.80. The second kappa shape index (κ2) is 6.34. The zero-order valence-electron chi connectivity index (χ0n) is 12.3. The standard InChI is InChI=1S/C14H18N4O3/c1-4-9(2)15-12(19)8-18-7-11(5-6-13(18)20)14-16-10(3)17-21-14/h5-7,9H,4,8H2,1-3H3,(H,15,19)/t9-/m1/s1. The van der Waals surface area contributed by atoms with Crippen LogP contribution >= 0.6 is 0 Å². The molecule has 0 aliphatic rings. The number of aromatic nitrogens is 3. The van der Waals surface area contributed by atoms with Crippen molar-refractivity contribution >= 4 is 5.91 Å². The van der Waals surface area contributed by atoms with Crippen LogP contribution in [0.5, 0.6) is 0 Å². The number of rotatable bonds is 5. The number of pyridine rings is 1. The van der Waals surface area contributed by atoms with Gasteiger partial charge < -0.3 is 14.4 Å². The van der Waals surface area contributed by atoms with Gasteiger partial charge in [0.15, 0.2) is 5.82 Å². The zero-order valence-corrected chi connectivity index (χ0v) is 12.3. The van der Waals surface area contributed by atoms with E-state index in [9.17, 15) is 9.59 Å². The molecule has 0 radical (unpaired) electrons. The zero-order chi connectivity index (χ0) is 15.4. The molecule has 0 saturated carbocycles. The maximum absolute atomic E-state index is 11.9. The summed E-state index contributed by atoms with van der Waals surface area (Å²) in [5, 5.41) is 6.52. The van der Waals surface area contributed by atoms with E-state index in [1.165, 1.54) is 10.6 Å². The van der Waals surface area contributed by atoms with E-state index in [1.807, 2.05) is 13.8 Å². The number of carbonyl (C=O) groups excluding carboxylic acids is 1. The fraction of sp³-hybridized carbons (Fsp3) is 0.429. The summed E-state index contributed by atoms with van der Waals surface area (Å²) < 4.78 is 6.38. The Bertz CT molecular complexity index is 690. The molecule has 0 aliphatic carbocycles. The topological polar surface area (TPSA) is 90.0 Å². The number of hydrogen-bond acceptors (Lipinski definition) is 5. The fourth-order valence-corrected chi connectivity index (χ4v) is 1.77. The highest BCUT2D eigenvalue weighted by atomic mass is 16.5. The molecule has 0 bridgehead atoms. The van der Waals surface area contributed by atoms with Crippen LogP contribution in [-0.4, -0.2) is 26.7 Å². The lowest BCUT2D eigenvalue weighted by molar-refractivity contribution is -0.122. The van der Waals surface area contributed by atoms with Gasteiger partial charge in [-0.15, -0.1) is 0 Å². The highest BCUT2D eigenvalue weighted by Crippen LogP contribution is 2.14. The average molecular weight is 290 g/mol. The van der Waals surface area contributed by atoms with Gasteiger partial charge in [0, 0.05) is 18.3 Å². The van der Waals surface area contributed by atoms with E-state index in [0.717, 1.165) is 6.42 Å². The highest BCUT2D eigenvalue weighted by molar-refractivity contribution is 5.76. The molecule has 7 nitrogen and oxygen atoms in total. The molecule has 2 rings (SSSR count). The minimum atomic E-state index is -0.255. The molecule has 0 aliphatic heterocycles. The first kappa shape index (κ1) is 15.0. The van der Waals surface area contributed by atoms with Crippen LogP contribution < -0.4 is 10.9 Å². The maximum atomic E-state index is 11.9. The lowest BCUT2D eigenvalue weighted by atomic mass is 10.2. The van der Waals surface area contributed by atoms with Crippen molar-refractivity contribution in [2.45, 2.75) is 39.8 Å². The third kappa shape index (κ3) is 3.77. The van der Waals surface area contributed by atoms with Crippen LogP contribution in [0, 0.1) is 6.92 Å². The number of amides is 1. The van der Waals surface area contributed by atoms with Crippen LogP contribution in [0.25, 0.3) is 11.5 Å². The lowest BCUT2D eigenvalue weighted by Crippen LogP contribution is -2.36. The summed E-state index contributed by atoms with van der Waals surface area (Å²) >= 11 is 0. The predicted molar refractivity (Wildman–Crippen MR) is 76.6 cm³/mol. The van der Waals surface area contributed by atoms with Gasteiger partial charge in [-0.2, -0.15) is 4.98 Å². The first-order chi connectivity index (χ1) is 9.99. The SMILES string of the molecule is CC[C@@H](C)NC(=O)Cn1cc(-c2nc(C)no2)ccc1=O. The van der Waals surface area contributed by atoms with Gasteiger partial charge in [-0.05, 0) is 26.3 Å². The Kier molecular flexibility index (Phi) is 4.52. The van der Waals surface area contributed by atoms with E-state index in [4.69, 9.17) is 4.52 Å². The second-order valence-corrected chi connectivity index (χ2v) is 4.91. The molecule has 2 aromatic rings. The largest absolute Gasteiger partial charge is 0.352 e. The lowest BCUT2D eigenvalue weighted by Gasteiger charge is -2.12. The second-order valence-electron chi connectivity index (χ2n) is 4.91. The van der Waals surface area contributed by atoms with Crippen molar-refractivity contribution in [1.29, 1.82) is 0 Å². The van der Waals surface area contributed by atoms with Crippen molar-refractivity contribution in [3.05, 3.63) is 34.5 Å². The fourth-order valence-electron chi connectivity index (χ4n) is 1.77. The summed E-state index contributed by atoms with van der Waals surface area (Å²) in [6.07, 6.45) is 2.38. The normalized spacial score (nSPS) is 12.1. The Balaban J connectivity index is 2.20. The molecular weight excluding hydrogens is 272 g/mol. The van der Waals surface area contributed by atoms with Gasteiger partial charge in [0.05, 0.1) is 5.56 Å². The van der Waals surface area contributed by atoms with Crippen molar-refractivity contribution < 1.29 is 9.32 Å². The Morgan fingerprint density at radius 1 is 1.48 bits per heavy atom. The number of carbonyl (C=O) groups is 1. The molecule has 0 unspecified atom stereocenters. The molecule has 2 aromatic heterocycles. The molecule has 2 heterocycles. The summed E-state index contributed by atoms with van der Waals surface area (Å²) in [5.41, 5.74) is 0.348. The molecule has 1 N–H and O–H groups in total. The van der Waals surface area contributed by atoms with Crippen molar-refractivity contribution in [1.82, 2.24) is 20.0 Å². The predicted octanol–water partition coefficient (Wildman–Crippen LogP) is 1.12. The molecular formula is C14H18N4O3. The van der Waals surface area contributed by atoms with Crippen LogP contribution in [0.3, 0.4) is 0 Å². The van der Waals surface area contributed by atoms with Crippen molar-refractivity contribution in [2.24, 2.45) is 0 Å². The third-order valence-corrected chi connectivity index (χ3v) is 3.09. The quantitative estimate of drug-likeness (QED) is 0.891. The smallest absolute Gasteiger partial charge is 0.259 e. The van der Waals surface area contributed by atoms with E-state index in [0.29, 0.717) is 17.3 Å². The minimum Gasteiger partial charge on any atom is -0.352 e. The monoisotopic (exact) mass is 290 g/mol. The summed E-state index contributed by atoms with van der Waals surface area (Å²) in [6.45, 7) is 5.57. The third-order valence-electron chi connectivity index (χ3n) is 3.09. The molecule has 112 valence electrons. The van der Waals surface area contributed by atoms with Crippen LogP contribution in [0.2, 0.25) is 0 Å². The van der Waals surface area contributed by atoms with Gasteiger partial charge in [0.1, 0.15) is 6.54 Å². The Morgan fingerprint density at radius 3 is 2.86 bits per heavy atom. The van der Waals surface area contributed by atoms with Gasteiger partial charge in [0.2, 0.25) is 5.91 Å². The van der Waals surface area contributed by atoms with E-state index >= 15 is 0 Å². The van der Waals surface area contributed by atoms with E-state index in [1.54, 1.807) is 19.2 Å². The molecule has 1 atom stereocenters. The van der Waals surface area contributed by atoms with Gasteiger partial charge in [-0.3, -0.25) is 9.59 Å².